The van der Waals surface area contributed by atoms with Gasteiger partial charge in [0.05, 0.1) is 5.69 Å². The zero-order chi connectivity index (χ0) is 21.3. The minimum atomic E-state index is -1.04. The zero-order valence-electron chi connectivity index (χ0n) is 16.8. The summed E-state index contributed by atoms with van der Waals surface area (Å²) < 4.78 is 10.3. The Hall–Kier alpha value is -2.48. The molecule has 1 heterocycles. The Bertz CT molecular complexity index is 782. The van der Waals surface area contributed by atoms with Gasteiger partial charge in [-0.15, -0.1) is 5.06 Å². The fraction of sp³-hybridized carbons (Fsp3) is 0.526. The largest absolute Gasteiger partial charge is 0.534 e. The van der Waals surface area contributed by atoms with Gasteiger partial charge in [-0.1, -0.05) is 11.6 Å². The lowest BCUT2D eigenvalue weighted by Crippen LogP contribution is -2.54. The van der Waals surface area contributed by atoms with Crippen LogP contribution in [0.15, 0.2) is 18.2 Å². The third-order valence-corrected chi connectivity index (χ3v) is 3.66. The molecule has 2 rings (SSSR count). The van der Waals surface area contributed by atoms with Crippen LogP contribution in [0.1, 0.15) is 47.1 Å². The summed E-state index contributed by atoms with van der Waals surface area (Å²) in [7, 11) is 0. The first-order valence-corrected chi connectivity index (χ1v) is 9.16. The van der Waals surface area contributed by atoms with E-state index in [1.165, 1.54) is 0 Å². The highest BCUT2D eigenvalue weighted by Crippen LogP contribution is 2.31. The summed E-state index contributed by atoms with van der Waals surface area (Å²) in [4.78, 5) is 42.2. The third-order valence-electron chi connectivity index (χ3n) is 3.43. The molecule has 0 bridgehead atoms. The summed E-state index contributed by atoms with van der Waals surface area (Å²) in [5.74, 6) is -0.633. The Morgan fingerprint density at radius 1 is 1.11 bits per heavy atom. The molecule has 9 heteroatoms. The van der Waals surface area contributed by atoms with E-state index in [2.05, 4.69) is 5.32 Å². The van der Waals surface area contributed by atoms with Crippen molar-refractivity contribution >= 4 is 35.4 Å². The summed E-state index contributed by atoms with van der Waals surface area (Å²) in [6, 6.07) is 3.77. The highest BCUT2D eigenvalue weighted by molar-refractivity contribution is 6.30. The van der Waals surface area contributed by atoms with Gasteiger partial charge in [-0.3, -0.25) is 9.63 Å². The van der Waals surface area contributed by atoms with Crippen LogP contribution in [0.5, 0.6) is 0 Å². The molecule has 0 unspecified atom stereocenters. The van der Waals surface area contributed by atoms with Crippen LogP contribution in [-0.2, 0) is 25.5 Å². The highest BCUT2D eigenvalue weighted by atomic mass is 35.5. The predicted molar refractivity (Wildman–Crippen MR) is 103 cm³/mol. The average molecular weight is 413 g/mol. The van der Waals surface area contributed by atoms with Gasteiger partial charge in [0.2, 0.25) is 0 Å². The number of fused-ring (bicyclic) bond motifs is 1. The van der Waals surface area contributed by atoms with Crippen molar-refractivity contribution in [3.8, 4) is 0 Å². The van der Waals surface area contributed by atoms with E-state index in [4.69, 9.17) is 25.9 Å². The van der Waals surface area contributed by atoms with Crippen LogP contribution in [0.2, 0.25) is 5.02 Å². The van der Waals surface area contributed by atoms with Crippen LogP contribution in [0, 0.1) is 0 Å². The van der Waals surface area contributed by atoms with E-state index in [0.717, 1.165) is 5.06 Å². The molecule has 1 N–H and O–H groups in total. The lowest BCUT2D eigenvalue weighted by atomic mass is 9.99. The van der Waals surface area contributed by atoms with Gasteiger partial charge in [-0.05, 0) is 65.3 Å². The molecule has 154 valence electrons. The third kappa shape index (κ3) is 6.02. The molecule has 1 atom stereocenters. The Labute approximate surface area is 169 Å². The topological polar surface area (TPSA) is 94.2 Å². The van der Waals surface area contributed by atoms with E-state index < -0.39 is 35.4 Å². The molecule has 1 aromatic carbocycles. The number of alkyl carbamates (subject to hydrolysis) is 1. The molecule has 0 aliphatic carbocycles. The number of ether oxygens (including phenoxy) is 2. The van der Waals surface area contributed by atoms with Crippen LogP contribution < -0.4 is 10.4 Å². The maximum absolute atomic E-state index is 12.9. The normalized spacial score (nSPS) is 16.9. The Morgan fingerprint density at radius 3 is 2.29 bits per heavy atom. The Balaban J connectivity index is 2.26. The molecule has 0 saturated carbocycles. The maximum Gasteiger partial charge on any atom is 0.534 e. The molecule has 8 nitrogen and oxygen atoms in total. The van der Waals surface area contributed by atoms with Crippen molar-refractivity contribution in [2.45, 2.75) is 65.2 Å². The number of rotatable bonds is 2. The molecular formula is C19H25ClN2O6. The molecule has 1 aliphatic rings. The van der Waals surface area contributed by atoms with Gasteiger partial charge in [0.15, 0.2) is 0 Å². The molecule has 2 amide bonds. The van der Waals surface area contributed by atoms with Crippen LogP contribution in [-0.4, -0.2) is 35.4 Å². The number of nitrogens with one attached hydrogen (secondary N) is 1. The van der Waals surface area contributed by atoms with Gasteiger partial charge in [-0.2, -0.15) is 0 Å². The van der Waals surface area contributed by atoms with E-state index in [9.17, 15) is 14.4 Å². The van der Waals surface area contributed by atoms with E-state index >= 15 is 0 Å². The fourth-order valence-corrected chi connectivity index (χ4v) is 2.68. The number of nitrogens with zero attached hydrogens (tertiary/aromatic N) is 1. The maximum atomic E-state index is 12.9. The van der Waals surface area contributed by atoms with Crippen LogP contribution in [0.25, 0.3) is 0 Å². The number of hydroxylamine groups is 1. The number of anilines is 1. The standard InChI is InChI=1S/C19H25ClN2O6/c1-18(2,3)26-16(24)21-13-10-11-9-12(20)7-8-14(11)22(15(13)23)28-17(25)27-19(4,5)6/h7-9,13H,10H2,1-6H3,(H,21,24)/t13-/m0/s1. The minimum absolute atomic E-state index is 0.169. The number of amides is 2. The van der Waals surface area contributed by atoms with Gasteiger partial charge in [-0.25, -0.2) is 9.59 Å². The molecular weight excluding hydrogens is 388 g/mol. The number of carbonyl (C=O) groups is 3. The average Bonchev–Trinajstić information content (AvgIpc) is 2.47. The lowest BCUT2D eigenvalue weighted by Gasteiger charge is -2.33. The molecule has 0 spiro atoms. The van der Waals surface area contributed by atoms with Crippen LogP contribution in [0.3, 0.4) is 0 Å². The van der Waals surface area contributed by atoms with Crippen molar-refractivity contribution in [1.82, 2.24) is 5.32 Å². The van der Waals surface area contributed by atoms with Gasteiger partial charge in [0.25, 0.3) is 5.91 Å². The van der Waals surface area contributed by atoms with Crippen molar-refractivity contribution in [3.63, 3.8) is 0 Å². The second-order valence-electron chi connectivity index (χ2n) is 8.36. The number of benzene rings is 1. The summed E-state index contributed by atoms with van der Waals surface area (Å²) in [5, 5.41) is 3.77. The Morgan fingerprint density at radius 2 is 1.71 bits per heavy atom. The van der Waals surface area contributed by atoms with Crippen molar-refractivity contribution in [3.05, 3.63) is 28.8 Å². The number of hydrogen-bond acceptors (Lipinski definition) is 6. The number of halogens is 1. The summed E-state index contributed by atoms with van der Waals surface area (Å²) in [6.45, 7) is 10.2. The van der Waals surface area contributed by atoms with Gasteiger partial charge >= 0.3 is 12.2 Å². The van der Waals surface area contributed by atoms with E-state index in [0.29, 0.717) is 16.3 Å². The first-order valence-electron chi connectivity index (χ1n) is 8.78. The molecule has 0 radical (unpaired) electrons. The first kappa shape index (κ1) is 21.8. The summed E-state index contributed by atoms with van der Waals surface area (Å²) >= 11 is 6.05. The molecule has 0 aromatic heterocycles. The predicted octanol–water partition coefficient (Wildman–Crippen LogP) is 3.99. The second-order valence-corrected chi connectivity index (χ2v) is 8.80. The molecule has 1 aliphatic heterocycles. The van der Waals surface area contributed by atoms with Crippen LogP contribution >= 0.6 is 11.6 Å². The number of carbonyl (C=O) groups excluding carboxylic acids is 3. The smallest absolute Gasteiger partial charge is 0.444 e. The van der Waals surface area contributed by atoms with Gasteiger partial charge in [0.1, 0.15) is 17.2 Å². The second kappa shape index (κ2) is 7.87. The highest BCUT2D eigenvalue weighted by Gasteiger charge is 2.38. The zero-order valence-corrected chi connectivity index (χ0v) is 17.5. The van der Waals surface area contributed by atoms with E-state index in [1.807, 2.05) is 0 Å². The quantitative estimate of drug-likeness (QED) is 0.738. The van der Waals surface area contributed by atoms with Crippen molar-refractivity contribution in [1.29, 1.82) is 0 Å². The molecule has 0 fully saturated rings. The molecule has 0 saturated heterocycles. The number of hydrogen-bond donors (Lipinski definition) is 1. The van der Waals surface area contributed by atoms with Gasteiger partial charge < -0.3 is 14.8 Å². The SMILES string of the molecule is CC(C)(C)OC(=O)N[C@H]1Cc2cc(Cl)ccc2N(OC(=O)OC(C)(C)C)C1=O. The minimum Gasteiger partial charge on any atom is -0.444 e. The summed E-state index contributed by atoms with van der Waals surface area (Å²) in [6.07, 6.45) is -1.63. The van der Waals surface area contributed by atoms with Crippen molar-refractivity contribution < 1.29 is 28.7 Å². The van der Waals surface area contributed by atoms with Crippen molar-refractivity contribution in [2.75, 3.05) is 5.06 Å². The fourth-order valence-electron chi connectivity index (χ4n) is 2.48. The van der Waals surface area contributed by atoms with Crippen molar-refractivity contribution in [2.24, 2.45) is 0 Å². The molecule has 28 heavy (non-hydrogen) atoms. The first-order chi connectivity index (χ1) is 12.7. The monoisotopic (exact) mass is 412 g/mol. The lowest BCUT2D eigenvalue weighted by molar-refractivity contribution is -0.128. The van der Waals surface area contributed by atoms with E-state index in [-0.39, 0.29) is 6.42 Å². The van der Waals surface area contributed by atoms with Gasteiger partial charge in [0, 0.05) is 11.4 Å². The van der Waals surface area contributed by atoms with E-state index in [1.54, 1.807) is 59.7 Å². The molecule has 1 aromatic rings. The van der Waals surface area contributed by atoms with Crippen LogP contribution in [0.4, 0.5) is 15.3 Å². The Kier molecular flexibility index (Phi) is 6.13. The summed E-state index contributed by atoms with van der Waals surface area (Å²) in [5.41, 5.74) is -0.554.